The largest absolute Gasteiger partial charge is 0.492 e. The number of hydrogen-bond acceptors (Lipinski definition) is 3. The average Bonchev–Trinajstić information content (AvgIpc) is 2.73. The molecule has 0 fully saturated rings. The molecule has 0 saturated heterocycles. The summed E-state index contributed by atoms with van der Waals surface area (Å²) >= 11 is 0. The second-order valence-electron chi connectivity index (χ2n) is 8.80. The Bertz CT molecular complexity index is 650. The molecule has 31 heavy (non-hydrogen) atoms. The molecule has 0 bridgehead atoms. The van der Waals surface area contributed by atoms with Crippen LogP contribution in [0.2, 0.25) is 0 Å². The molecule has 180 valence electrons. The summed E-state index contributed by atoms with van der Waals surface area (Å²) in [6.45, 7) is 6.23. The van der Waals surface area contributed by atoms with E-state index in [-0.39, 0.29) is 6.61 Å². The minimum atomic E-state index is -4.10. The summed E-state index contributed by atoms with van der Waals surface area (Å²) in [5, 5.41) is -0.878. The number of para-hydroxylation sites is 1. The lowest BCUT2D eigenvalue weighted by Gasteiger charge is -2.19. The van der Waals surface area contributed by atoms with Crippen molar-refractivity contribution in [2.75, 3.05) is 6.61 Å². The summed E-state index contributed by atoms with van der Waals surface area (Å²) < 4.78 is 38.8. The van der Waals surface area contributed by atoms with E-state index in [4.69, 9.17) is 4.74 Å². The third-order valence-electron chi connectivity index (χ3n) is 6.07. The van der Waals surface area contributed by atoms with E-state index in [1.54, 1.807) is 6.92 Å². The molecule has 0 amide bonds. The highest BCUT2D eigenvalue weighted by atomic mass is 32.2. The first-order valence-corrected chi connectivity index (χ1v) is 14.1. The maximum Gasteiger partial charge on any atom is 0.271 e. The summed E-state index contributed by atoms with van der Waals surface area (Å²) in [6, 6.07) is 6.33. The number of hydrogen-bond donors (Lipinski definition) is 1. The zero-order valence-electron chi connectivity index (χ0n) is 20.2. The molecule has 5 heteroatoms. The van der Waals surface area contributed by atoms with Gasteiger partial charge in [-0.1, -0.05) is 103 Å². The molecule has 4 nitrogen and oxygen atoms in total. The molecule has 0 spiro atoms. The third-order valence-corrected chi connectivity index (χ3v) is 7.38. The predicted octanol–water partition coefficient (Wildman–Crippen LogP) is 7.54. The standard InChI is InChI=1S/C26H46O4S/c1-4-7-9-11-13-15-18-23-20-17-21-24(19-16-14-12-10-8-5-2)26(23)30-22-25(6-3)31(27,28)29/h17,20-21,25H,4-16,18-19,22H2,1-3H3,(H,27,28,29). The van der Waals surface area contributed by atoms with Gasteiger partial charge in [-0.05, 0) is 43.2 Å². The zero-order valence-corrected chi connectivity index (χ0v) is 21.0. The molecule has 0 heterocycles. The van der Waals surface area contributed by atoms with Gasteiger partial charge in [0.2, 0.25) is 0 Å². The Morgan fingerprint density at radius 2 is 1.23 bits per heavy atom. The van der Waals surface area contributed by atoms with Gasteiger partial charge in [-0.15, -0.1) is 0 Å². The summed E-state index contributed by atoms with van der Waals surface area (Å²) in [5.41, 5.74) is 2.34. The first kappa shape index (κ1) is 28.0. The lowest BCUT2D eigenvalue weighted by Crippen LogP contribution is -2.27. The number of ether oxygens (including phenoxy) is 1. The molecule has 1 aromatic carbocycles. The molecule has 1 atom stereocenters. The molecule has 1 N–H and O–H groups in total. The van der Waals surface area contributed by atoms with Crippen molar-refractivity contribution in [3.05, 3.63) is 29.3 Å². The zero-order chi connectivity index (χ0) is 23.0. The molecule has 0 aliphatic carbocycles. The van der Waals surface area contributed by atoms with Gasteiger partial charge in [-0.3, -0.25) is 4.55 Å². The van der Waals surface area contributed by atoms with Gasteiger partial charge in [0.25, 0.3) is 10.1 Å². The van der Waals surface area contributed by atoms with E-state index in [0.717, 1.165) is 31.4 Å². The second kappa shape index (κ2) is 16.5. The Balaban J connectivity index is 2.79. The predicted molar refractivity (Wildman–Crippen MR) is 132 cm³/mol. The molecule has 1 unspecified atom stereocenters. The first-order valence-electron chi connectivity index (χ1n) is 12.6. The van der Waals surface area contributed by atoms with Crippen molar-refractivity contribution >= 4 is 10.1 Å². The number of rotatable bonds is 19. The fraction of sp³-hybridized carbons (Fsp3) is 0.769. The third kappa shape index (κ3) is 11.9. The van der Waals surface area contributed by atoms with Crippen LogP contribution < -0.4 is 4.74 Å². The minimum absolute atomic E-state index is 0.00630. The molecule has 0 aliphatic rings. The van der Waals surface area contributed by atoms with Crippen LogP contribution in [0, 0.1) is 0 Å². The second-order valence-corrected chi connectivity index (χ2v) is 10.5. The van der Waals surface area contributed by atoms with E-state index in [1.807, 2.05) is 0 Å². The summed E-state index contributed by atoms with van der Waals surface area (Å²) in [7, 11) is -4.10. The molecule has 0 saturated carbocycles. The molecular weight excluding hydrogens is 408 g/mol. The normalized spacial score (nSPS) is 12.8. The van der Waals surface area contributed by atoms with Gasteiger partial charge in [-0.25, -0.2) is 0 Å². The Hall–Kier alpha value is -1.07. The minimum Gasteiger partial charge on any atom is -0.492 e. The monoisotopic (exact) mass is 454 g/mol. The van der Waals surface area contributed by atoms with E-state index >= 15 is 0 Å². The van der Waals surface area contributed by atoms with Crippen LogP contribution in [0.5, 0.6) is 5.75 Å². The van der Waals surface area contributed by atoms with E-state index < -0.39 is 15.4 Å². The quantitative estimate of drug-likeness (QED) is 0.173. The van der Waals surface area contributed by atoms with Crippen molar-refractivity contribution in [1.82, 2.24) is 0 Å². The van der Waals surface area contributed by atoms with E-state index in [1.165, 1.54) is 75.3 Å². The smallest absolute Gasteiger partial charge is 0.271 e. The Labute approximate surface area is 191 Å². The van der Waals surface area contributed by atoms with Crippen molar-refractivity contribution in [2.45, 2.75) is 122 Å². The van der Waals surface area contributed by atoms with Crippen LogP contribution >= 0.6 is 0 Å². The van der Waals surface area contributed by atoms with Gasteiger partial charge in [0.1, 0.15) is 17.6 Å². The summed E-state index contributed by atoms with van der Waals surface area (Å²) in [5.74, 6) is 0.853. The van der Waals surface area contributed by atoms with Crippen LogP contribution in [0.15, 0.2) is 18.2 Å². The van der Waals surface area contributed by atoms with Gasteiger partial charge >= 0.3 is 0 Å². The number of benzene rings is 1. The summed E-state index contributed by atoms with van der Waals surface area (Å²) in [6.07, 6.45) is 17.1. The van der Waals surface area contributed by atoms with E-state index in [9.17, 15) is 13.0 Å². The molecule has 0 aliphatic heterocycles. The van der Waals surface area contributed by atoms with Crippen LogP contribution in [0.3, 0.4) is 0 Å². The van der Waals surface area contributed by atoms with Crippen LogP contribution in [0.1, 0.15) is 115 Å². The fourth-order valence-corrected chi connectivity index (χ4v) is 4.66. The number of unbranched alkanes of at least 4 members (excludes halogenated alkanes) is 10. The van der Waals surface area contributed by atoms with Crippen LogP contribution in [-0.4, -0.2) is 24.8 Å². The van der Waals surface area contributed by atoms with Crippen molar-refractivity contribution in [3.8, 4) is 5.75 Å². The van der Waals surface area contributed by atoms with Gasteiger partial charge < -0.3 is 4.74 Å². The van der Waals surface area contributed by atoms with Gasteiger partial charge in [-0.2, -0.15) is 8.42 Å². The first-order chi connectivity index (χ1) is 14.9. The van der Waals surface area contributed by atoms with Crippen molar-refractivity contribution in [3.63, 3.8) is 0 Å². The lowest BCUT2D eigenvalue weighted by atomic mass is 9.98. The summed E-state index contributed by atoms with van der Waals surface area (Å²) in [4.78, 5) is 0. The molecule has 1 aromatic rings. The van der Waals surface area contributed by atoms with Crippen LogP contribution in [0.4, 0.5) is 0 Å². The Morgan fingerprint density at radius 1 is 0.774 bits per heavy atom. The van der Waals surface area contributed by atoms with Crippen molar-refractivity contribution in [1.29, 1.82) is 0 Å². The molecule has 0 radical (unpaired) electrons. The van der Waals surface area contributed by atoms with Gasteiger partial charge in [0, 0.05) is 0 Å². The van der Waals surface area contributed by atoms with Gasteiger partial charge in [0.05, 0.1) is 0 Å². The molecule has 0 aromatic heterocycles. The SMILES string of the molecule is CCCCCCCCc1cccc(CCCCCCCC)c1OCC(CC)S(=O)(=O)O. The fourth-order valence-electron chi connectivity index (χ4n) is 4.00. The van der Waals surface area contributed by atoms with Crippen molar-refractivity contribution < 1.29 is 17.7 Å². The van der Waals surface area contributed by atoms with E-state index in [0.29, 0.717) is 6.42 Å². The lowest BCUT2D eigenvalue weighted by molar-refractivity contribution is 0.296. The van der Waals surface area contributed by atoms with E-state index in [2.05, 4.69) is 32.0 Å². The molecular formula is C26H46O4S. The Morgan fingerprint density at radius 3 is 1.65 bits per heavy atom. The number of aryl methyl sites for hydroxylation is 2. The van der Waals surface area contributed by atoms with Crippen molar-refractivity contribution in [2.24, 2.45) is 0 Å². The maximum atomic E-state index is 11.6. The van der Waals surface area contributed by atoms with Crippen LogP contribution in [0.25, 0.3) is 0 Å². The highest BCUT2D eigenvalue weighted by Gasteiger charge is 2.23. The topological polar surface area (TPSA) is 63.6 Å². The maximum absolute atomic E-state index is 11.6. The Kier molecular flexibility index (Phi) is 14.9. The molecule has 1 rings (SSSR count). The van der Waals surface area contributed by atoms with Crippen LogP contribution in [-0.2, 0) is 23.0 Å². The highest BCUT2D eigenvalue weighted by molar-refractivity contribution is 7.86. The average molecular weight is 455 g/mol. The highest BCUT2D eigenvalue weighted by Crippen LogP contribution is 2.29. The van der Waals surface area contributed by atoms with Gasteiger partial charge in [0.15, 0.2) is 0 Å².